The second-order valence-electron chi connectivity index (χ2n) is 8.20. The number of fused-ring (bicyclic) bond motifs is 1. The van der Waals surface area contributed by atoms with Crippen molar-refractivity contribution in [1.29, 1.82) is 0 Å². The number of hydrogen-bond acceptors (Lipinski definition) is 6. The van der Waals surface area contributed by atoms with Crippen LogP contribution < -0.4 is 10.5 Å². The van der Waals surface area contributed by atoms with Gasteiger partial charge >= 0.3 is 0 Å². The summed E-state index contributed by atoms with van der Waals surface area (Å²) in [6.45, 7) is 6.34. The van der Waals surface area contributed by atoms with Crippen molar-refractivity contribution in [2.24, 2.45) is 0 Å². The number of ether oxygens (including phenoxy) is 2. The Labute approximate surface area is 174 Å². The third-order valence-corrected chi connectivity index (χ3v) is 6.10. The predicted octanol–water partition coefficient (Wildman–Crippen LogP) is 0.00652. The highest BCUT2D eigenvalue weighted by Gasteiger charge is 2.35. The molecule has 2 aliphatic rings. The molecule has 9 heteroatoms. The van der Waals surface area contributed by atoms with Crippen molar-refractivity contribution in [2.45, 2.75) is 38.5 Å². The van der Waals surface area contributed by atoms with E-state index in [1.54, 1.807) is 0 Å². The summed E-state index contributed by atoms with van der Waals surface area (Å²) in [6.07, 6.45) is 2.18. The number of aryl methyl sites for hydroxylation is 1. The molecule has 0 aliphatic carbocycles. The van der Waals surface area contributed by atoms with Crippen molar-refractivity contribution < 1.29 is 14.4 Å². The number of pyridine rings is 1. The maximum atomic E-state index is 13.2. The number of H-pyrrole nitrogens is 1. The Morgan fingerprint density at radius 2 is 2.13 bits per heavy atom. The van der Waals surface area contributed by atoms with Crippen molar-refractivity contribution in [3.8, 4) is 0 Å². The number of morpholine rings is 1. The molecule has 158 valence electrons. The van der Waals surface area contributed by atoms with Crippen LogP contribution in [0.2, 0.25) is 0 Å². The molecular weight excluding hydrogens is 384 g/mol. The highest BCUT2D eigenvalue weighted by atomic mass is 16.5. The minimum absolute atomic E-state index is 0.0954. The Hall–Kier alpha value is -2.62. The lowest BCUT2D eigenvalue weighted by atomic mass is 10.0. The van der Waals surface area contributed by atoms with E-state index in [-0.39, 0.29) is 17.7 Å². The van der Waals surface area contributed by atoms with Crippen molar-refractivity contribution in [3.63, 3.8) is 0 Å². The molecule has 0 spiro atoms. The van der Waals surface area contributed by atoms with Gasteiger partial charge in [-0.15, -0.1) is 5.10 Å². The lowest BCUT2D eigenvalue weighted by Crippen LogP contribution is -3.14. The molecule has 2 N–H and O–H groups in total. The van der Waals surface area contributed by atoms with Crippen LogP contribution in [0, 0.1) is 6.92 Å². The van der Waals surface area contributed by atoms with Crippen molar-refractivity contribution in [1.82, 2.24) is 25.2 Å². The zero-order valence-electron chi connectivity index (χ0n) is 17.1. The number of quaternary nitrogens is 1. The van der Waals surface area contributed by atoms with Gasteiger partial charge in [0.25, 0.3) is 5.56 Å². The summed E-state index contributed by atoms with van der Waals surface area (Å²) in [7, 11) is 0. The first kappa shape index (κ1) is 19.3. The molecule has 0 saturated carbocycles. The number of hydrogen-bond donors (Lipinski definition) is 2. The smallest absolute Gasteiger partial charge is 0.258 e. The van der Waals surface area contributed by atoms with Crippen LogP contribution >= 0.6 is 0 Å². The summed E-state index contributed by atoms with van der Waals surface area (Å²) in [6, 6.07) is 7.78. The average Bonchev–Trinajstić information content (AvgIpc) is 3.43. The van der Waals surface area contributed by atoms with E-state index in [4.69, 9.17) is 9.47 Å². The number of benzene rings is 1. The summed E-state index contributed by atoms with van der Waals surface area (Å²) >= 11 is 0. The highest BCUT2D eigenvalue weighted by molar-refractivity contribution is 5.79. The molecule has 30 heavy (non-hydrogen) atoms. The Kier molecular flexibility index (Phi) is 5.32. The van der Waals surface area contributed by atoms with Crippen LogP contribution in [0.3, 0.4) is 0 Å². The van der Waals surface area contributed by atoms with Crippen molar-refractivity contribution in [2.75, 3.05) is 32.9 Å². The molecule has 0 radical (unpaired) electrons. The van der Waals surface area contributed by atoms with Crippen molar-refractivity contribution in [3.05, 3.63) is 51.6 Å². The van der Waals surface area contributed by atoms with Gasteiger partial charge in [-0.25, -0.2) is 4.68 Å². The van der Waals surface area contributed by atoms with E-state index < -0.39 is 0 Å². The van der Waals surface area contributed by atoms with E-state index in [0.29, 0.717) is 31.1 Å². The van der Waals surface area contributed by atoms with Gasteiger partial charge in [-0.3, -0.25) is 4.79 Å². The monoisotopic (exact) mass is 411 g/mol. The summed E-state index contributed by atoms with van der Waals surface area (Å²) in [5.41, 5.74) is 2.58. The summed E-state index contributed by atoms with van der Waals surface area (Å²) in [4.78, 5) is 17.4. The topological polar surface area (TPSA) is 99.4 Å². The quantitative estimate of drug-likeness (QED) is 0.614. The Morgan fingerprint density at radius 1 is 1.27 bits per heavy atom. The van der Waals surface area contributed by atoms with Gasteiger partial charge in [0.2, 0.25) is 5.82 Å². The fourth-order valence-corrected chi connectivity index (χ4v) is 4.55. The van der Waals surface area contributed by atoms with Gasteiger partial charge in [0.05, 0.1) is 31.4 Å². The number of aromatic amines is 1. The Bertz CT molecular complexity index is 1080. The first-order chi connectivity index (χ1) is 14.7. The second-order valence-corrected chi connectivity index (χ2v) is 8.20. The first-order valence-corrected chi connectivity index (χ1v) is 10.6. The molecular formula is C21H27N6O3+. The Morgan fingerprint density at radius 3 is 2.93 bits per heavy atom. The van der Waals surface area contributed by atoms with Gasteiger partial charge in [-0.1, -0.05) is 11.6 Å². The number of tetrazole rings is 1. The lowest BCUT2D eigenvalue weighted by Gasteiger charge is -2.30. The predicted molar refractivity (Wildman–Crippen MR) is 109 cm³/mol. The van der Waals surface area contributed by atoms with Crippen molar-refractivity contribution >= 4 is 10.9 Å². The maximum absolute atomic E-state index is 13.2. The molecule has 2 aromatic heterocycles. The van der Waals surface area contributed by atoms with Crippen LogP contribution in [0.25, 0.3) is 10.9 Å². The molecule has 0 unspecified atom stereocenters. The molecule has 2 saturated heterocycles. The molecule has 2 fully saturated rings. The number of aromatic nitrogens is 5. The third kappa shape index (κ3) is 3.76. The van der Waals surface area contributed by atoms with Crippen LogP contribution in [-0.2, 0) is 16.0 Å². The van der Waals surface area contributed by atoms with E-state index in [1.807, 2.05) is 22.9 Å². The first-order valence-electron chi connectivity index (χ1n) is 10.6. The van der Waals surface area contributed by atoms with E-state index in [9.17, 15) is 4.79 Å². The number of nitrogens with zero attached hydrogens (tertiary/aromatic N) is 4. The van der Waals surface area contributed by atoms with Gasteiger partial charge < -0.3 is 19.4 Å². The summed E-state index contributed by atoms with van der Waals surface area (Å²) < 4.78 is 13.2. The van der Waals surface area contributed by atoms with Gasteiger partial charge in [-0.05, 0) is 53.8 Å². The molecule has 0 bridgehead atoms. The van der Waals surface area contributed by atoms with Crippen LogP contribution in [-0.4, -0.2) is 64.2 Å². The molecule has 3 aromatic rings. The van der Waals surface area contributed by atoms with E-state index in [0.717, 1.165) is 49.0 Å². The van der Waals surface area contributed by atoms with Gasteiger partial charge in [0.1, 0.15) is 13.1 Å². The molecule has 2 atom stereocenters. The Balaban J connectivity index is 1.60. The largest absolute Gasteiger partial charge is 0.376 e. The maximum Gasteiger partial charge on any atom is 0.258 e. The highest BCUT2D eigenvalue weighted by Crippen LogP contribution is 2.21. The number of rotatable bonds is 5. The summed E-state index contributed by atoms with van der Waals surface area (Å²) in [5.74, 6) is 0.708. The molecule has 5 rings (SSSR count). The zero-order valence-corrected chi connectivity index (χ0v) is 17.1. The summed E-state index contributed by atoms with van der Waals surface area (Å²) in [5, 5.41) is 13.6. The van der Waals surface area contributed by atoms with E-state index in [2.05, 4.69) is 33.5 Å². The SMILES string of the molecule is Cc1ccc2[nH]c(=O)c([C@@H](c3nnnn3C[C@@H]3CCCO3)[NH+]3CCOCC3)cc2c1. The van der Waals surface area contributed by atoms with Gasteiger partial charge in [0, 0.05) is 12.1 Å². The molecule has 4 heterocycles. The zero-order chi connectivity index (χ0) is 20.5. The van der Waals surface area contributed by atoms with Crippen LogP contribution in [0.5, 0.6) is 0 Å². The van der Waals surface area contributed by atoms with Crippen LogP contribution in [0.1, 0.15) is 35.8 Å². The molecule has 0 amide bonds. The standard InChI is InChI=1S/C21H26N6O3/c1-14-4-5-18-15(11-14)12-17(21(28)22-18)19(26-6-9-29-10-7-26)20-23-24-25-27(20)13-16-3-2-8-30-16/h4-5,11-12,16,19H,2-3,6-10,13H2,1H3,(H,22,28)/p+1/t16-,19-/m0/s1. The fraction of sp³-hybridized carbons (Fsp3) is 0.524. The van der Waals surface area contributed by atoms with Crippen LogP contribution in [0.4, 0.5) is 0 Å². The third-order valence-electron chi connectivity index (χ3n) is 6.10. The van der Waals surface area contributed by atoms with Gasteiger partial charge in [-0.2, -0.15) is 0 Å². The average molecular weight is 411 g/mol. The molecule has 9 nitrogen and oxygen atoms in total. The van der Waals surface area contributed by atoms with E-state index >= 15 is 0 Å². The molecule has 1 aromatic carbocycles. The fourth-order valence-electron chi connectivity index (χ4n) is 4.55. The number of nitrogens with one attached hydrogen (secondary N) is 2. The normalized spacial score (nSPS) is 21.3. The minimum Gasteiger partial charge on any atom is -0.376 e. The van der Waals surface area contributed by atoms with Gasteiger partial charge in [0.15, 0.2) is 6.04 Å². The van der Waals surface area contributed by atoms with Crippen LogP contribution in [0.15, 0.2) is 29.1 Å². The lowest BCUT2D eigenvalue weighted by molar-refractivity contribution is -0.933. The van der Waals surface area contributed by atoms with E-state index in [1.165, 1.54) is 4.90 Å². The second kappa shape index (κ2) is 8.25. The minimum atomic E-state index is -0.265. The molecule has 2 aliphatic heterocycles.